The van der Waals surface area contributed by atoms with Crippen molar-refractivity contribution in [2.24, 2.45) is 0 Å². The van der Waals surface area contributed by atoms with Crippen LogP contribution in [0.4, 0.5) is 0 Å². The number of carbonyl (C=O) groups is 2. The number of thioether (sulfide) groups is 1. The van der Waals surface area contributed by atoms with Gasteiger partial charge in [-0.25, -0.2) is 0 Å². The van der Waals surface area contributed by atoms with Crippen molar-refractivity contribution in [1.29, 1.82) is 0 Å². The minimum Gasteiger partial charge on any atom is -0.299 e. The van der Waals surface area contributed by atoms with Gasteiger partial charge in [0.1, 0.15) is 5.78 Å². The first kappa shape index (κ1) is 14.2. The molecule has 3 heteroatoms. The van der Waals surface area contributed by atoms with Crippen LogP contribution in [0, 0.1) is 0 Å². The minimum absolute atomic E-state index is 0.0158. The second-order valence-corrected chi connectivity index (χ2v) is 3.50. The Morgan fingerprint density at radius 2 is 1.67 bits per heavy atom. The van der Waals surface area contributed by atoms with Gasteiger partial charge in [0.2, 0.25) is 0 Å². The Morgan fingerprint density at radius 3 is 1.75 bits per heavy atom. The highest BCUT2D eigenvalue weighted by atomic mass is 32.2. The van der Waals surface area contributed by atoms with Crippen molar-refractivity contribution in [2.45, 2.75) is 46.3 Å². The van der Waals surface area contributed by atoms with Gasteiger partial charge in [-0.2, -0.15) is 0 Å². The molecule has 0 aliphatic heterocycles. The smallest absolute Gasteiger partial charge is 0.186 e. The average Bonchev–Trinajstić information content (AvgIpc) is 2.03. The lowest BCUT2D eigenvalue weighted by molar-refractivity contribution is -0.117. The second kappa shape index (κ2) is 8.78. The van der Waals surface area contributed by atoms with Crippen LogP contribution < -0.4 is 0 Å². The molecule has 0 saturated heterocycles. The molecule has 0 heterocycles. The maximum absolute atomic E-state index is 10.7. The summed E-state index contributed by atoms with van der Waals surface area (Å²) in [5, 5.41) is -0.112. The molecule has 0 saturated carbocycles. The molecule has 0 spiro atoms. The Balaban J connectivity index is 0. The summed E-state index contributed by atoms with van der Waals surface area (Å²) < 4.78 is 0. The first-order valence-corrected chi connectivity index (χ1v) is 5.13. The highest BCUT2D eigenvalue weighted by Crippen LogP contribution is 2.15. The number of carbonyl (C=O) groups excluding carboxylic acids is 2. The molecule has 0 N–H and O–H groups in total. The van der Waals surface area contributed by atoms with Gasteiger partial charge in [0.05, 0.1) is 5.25 Å². The van der Waals surface area contributed by atoms with E-state index in [1.54, 1.807) is 0 Å². The van der Waals surface area contributed by atoms with Crippen LogP contribution in [-0.4, -0.2) is 16.1 Å². The summed E-state index contributed by atoms with van der Waals surface area (Å²) in [7, 11) is 0. The van der Waals surface area contributed by atoms with Crippen LogP contribution >= 0.6 is 11.8 Å². The molecule has 1 unspecified atom stereocenters. The van der Waals surface area contributed by atoms with Gasteiger partial charge in [-0.3, -0.25) is 9.59 Å². The molecule has 0 bridgehead atoms. The van der Waals surface area contributed by atoms with Gasteiger partial charge in [0.25, 0.3) is 0 Å². The highest BCUT2D eigenvalue weighted by molar-refractivity contribution is 8.14. The second-order valence-electron chi connectivity index (χ2n) is 2.12. The number of hydrogen-bond acceptors (Lipinski definition) is 3. The molecular formula is C9H18O2S. The summed E-state index contributed by atoms with van der Waals surface area (Å²) in [4.78, 5) is 21.3. The van der Waals surface area contributed by atoms with Crippen molar-refractivity contribution in [2.75, 3.05) is 0 Å². The van der Waals surface area contributed by atoms with Gasteiger partial charge in [0.15, 0.2) is 5.12 Å². The van der Waals surface area contributed by atoms with Crippen LogP contribution in [-0.2, 0) is 9.59 Å². The van der Waals surface area contributed by atoms with E-state index in [4.69, 9.17) is 0 Å². The monoisotopic (exact) mass is 190 g/mol. The van der Waals surface area contributed by atoms with Crippen molar-refractivity contribution in [1.82, 2.24) is 0 Å². The van der Waals surface area contributed by atoms with E-state index in [1.807, 2.05) is 20.8 Å². The zero-order chi connectivity index (χ0) is 10.1. The van der Waals surface area contributed by atoms with Gasteiger partial charge in [0, 0.05) is 6.92 Å². The normalized spacial score (nSPS) is 11.1. The Kier molecular flexibility index (Phi) is 10.4. The summed E-state index contributed by atoms with van der Waals surface area (Å²) in [5.74, 6) is 0.0858. The van der Waals surface area contributed by atoms with Gasteiger partial charge in [-0.05, 0) is 13.3 Å². The van der Waals surface area contributed by atoms with Crippen molar-refractivity contribution in [3.8, 4) is 0 Å². The van der Waals surface area contributed by atoms with Crippen LogP contribution in [0.1, 0.15) is 41.0 Å². The quantitative estimate of drug-likeness (QED) is 0.686. The van der Waals surface area contributed by atoms with E-state index in [1.165, 1.54) is 13.8 Å². The molecule has 0 rings (SSSR count). The van der Waals surface area contributed by atoms with E-state index in [9.17, 15) is 9.59 Å². The van der Waals surface area contributed by atoms with E-state index in [0.29, 0.717) is 0 Å². The molecular weight excluding hydrogens is 172 g/mol. The topological polar surface area (TPSA) is 34.1 Å². The fourth-order valence-corrected chi connectivity index (χ4v) is 1.39. The Labute approximate surface area is 79.1 Å². The Hall–Kier alpha value is -0.310. The van der Waals surface area contributed by atoms with Crippen LogP contribution in [0.25, 0.3) is 0 Å². The zero-order valence-corrected chi connectivity index (χ0v) is 9.33. The van der Waals surface area contributed by atoms with Crippen LogP contribution in [0.5, 0.6) is 0 Å². The van der Waals surface area contributed by atoms with Crippen molar-refractivity contribution in [3.05, 3.63) is 0 Å². The Bertz CT molecular complexity index is 143. The molecule has 1 atom stereocenters. The van der Waals surface area contributed by atoms with Crippen molar-refractivity contribution >= 4 is 22.7 Å². The Morgan fingerprint density at radius 1 is 1.25 bits per heavy atom. The molecule has 0 aromatic carbocycles. The third kappa shape index (κ3) is 7.79. The lowest BCUT2D eigenvalue weighted by atomic mass is 10.2. The summed E-state index contributed by atoms with van der Waals surface area (Å²) in [5.41, 5.74) is 0. The van der Waals surface area contributed by atoms with E-state index in [2.05, 4.69) is 0 Å². The molecule has 0 aromatic rings. The van der Waals surface area contributed by atoms with Crippen LogP contribution in [0.2, 0.25) is 0 Å². The lowest BCUT2D eigenvalue weighted by Gasteiger charge is -2.06. The van der Waals surface area contributed by atoms with Crippen molar-refractivity contribution in [3.63, 3.8) is 0 Å². The fraction of sp³-hybridized carbons (Fsp3) is 0.778. The molecule has 72 valence electrons. The van der Waals surface area contributed by atoms with E-state index in [0.717, 1.165) is 18.2 Å². The number of ketones is 1. The SMILES string of the molecule is CC.CCC(SC(C)=O)C(C)=O. The predicted molar refractivity (Wildman–Crippen MR) is 54.4 cm³/mol. The van der Waals surface area contributed by atoms with Crippen molar-refractivity contribution < 1.29 is 9.59 Å². The van der Waals surface area contributed by atoms with E-state index < -0.39 is 0 Å². The van der Waals surface area contributed by atoms with Gasteiger partial charge in [-0.15, -0.1) is 0 Å². The number of hydrogen-bond donors (Lipinski definition) is 0. The molecule has 0 amide bonds. The predicted octanol–water partition coefficient (Wildman–Crippen LogP) is 2.66. The van der Waals surface area contributed by atoms with Crippen LogP contribution in [0.15, 0.2) is 0 Å². The van der Waals surface area contributed by atoms with E-state index >= 15 is 0 Å². The fourth-order valence-electron chi connectivity index (χ4n) is 0.654. The summed E-state index contributed by atoms with van der Waals surface area (Å²) in [6.07, 6.45) is 0.736. The molecule has 0 aliphatic carbocycles. The van der Waals surface area contributed by atoms with Gasteiger partial charge < -0.3 is 0 Å². The molecule has 0 aromatic heterocycles. The average molecular weight is 190 g/mol. The first-order valence-electron chi connectivity index (χ1n) is 4.25. The molecule has 2 nitrogen and oxygen atoms in total. The third-order valence-electron chi connectivity index (χ3n) is 1.13. The van der Waals surface area contributed by atoms with Crippen LogP contribution in [0.3, 0.4) is 0 Å². The number of Topliss-reactive ketones (excluding diaryl/α,β-unsaturated/α-hetero) is 1. The molecule has 0 aliphatic rings. The zero-order valence-electron chi connectivity index (χ0n) is 8.51. The minimum atomic E-state index is -0.127. The standard InChI is InChI=1S/C7H12O2S.C2H6/c1-4-7(5(2)8)10-6(3)9;1-2/h7H,4H2,1-3H3;1-2H3. The molecule has 0 radical (unpaired) electrons. The van der Waals surface area contributed by atoms with Gasteiger partial charge >= 0.3 is 0 Å². The largest absolute Gasteiger partial charge is 0.299 e. The summed E-state index contributed by atoms with van der Waals surface area (Å²) in [6, 6.07) is 0. The summed E-state index contributed by atoms with van der Waals surface area (Å²) in [6.45, 7) is 8.91. The lowest BCUT2D eigenvalue weighted by Crippen LogP contribution is -2.13. The highest BCUT2D eigenvalue weighted by Gasteiger charge is 2.13. The van der Waals surface area contributed by atoms with Gasteiger partial charge in [-0.1, -0.05) is 32.5 Å². The summed E-state index contributed by atoms with van der Waals surface area (Å²) >= 11 is 1.12. The first-order chi connectivity index (χ1) is 5.57. The van der Waals surface area contributed by atoms with E-state index in [-0.39, 0.29) is 16.1 Å². The molecule has 0 fully saturated rings. The third-order valence-corrected chi connectivity index (χ3v) is 2.41. The maximum atomic E-state index is 10.7. The maximum Gasteiger partial charge on any atom is 0.186 e. The number of rotatable bonds is 3. The molecule has 12 heavy (non-hydrogen) atoms.